The second kappa shape index (κ2) is 7.44. The molecule has 0 atom stereocenters. The van der Waals surface area contributed by atoms with Gasteiger partial charge in [-0.2, -0.15) is 0 Å². The molecule has 0 saturated heterocycles. The summed E-state index contributed by atoms with van der Waals surface area (Å²) in [7, 11) is 0. The molecule has 2 amide bonds. The van der Waals surface area contributed by atoms with Gasteiger partial charge in [0.05, 0.1) is 11.1 Å². The largest absolute Gasteiger partial charge is 0.299 e. The van der Waals surface area contributed by atoms with Gasteiger partial charge in [0.25, 0.3) is 11.8 Å². The molecule has 0 N–H and O–H groups in total. The van der Waals surface area contributed by atoms with Crippen LogP contribution in [0.4, 0.5) is 0 Å². The number of thioether (sulfide) groups is 1. The predicted molar refractivity (Wildman–Crippen MR) is 109 cm³/mol. The van der Waals surface area contributed by atoms with E-state index in [0.29, 0.717) is 30.1 Å². The van der Waals surface area contributed by atoms with Gasteiger partial charge in [-0.25, -0.2) is 0 Å². The molecule has 1 saturated carbocycles. The fraction of sp³-hybridized carbons (Fsp3) is 0.286. The van der Waals surface area contributed by atoms with Crippen molar-refractivity contribution in [1.29, 1.82) is 0 Å². The van der Waals surface area contributed by atoms with E-state index in [4.69, 9.17) is 0 Å². The molecule has 0 bridgehead atoms. The van der Waals surface area contributed by atoms with Crippen molar-refractivity contribution in [3.8, 4) is 11.4 Å². The third-order valence-electron chi connectivity index (χ3n) is 5.13. The first-order chi connectivity index (χ1) is 14.2. The van der Waals surface area contributed by atoms with Crippen LogP contribution in [0.5, 0.6) is 0 Å². The van der Waals surface area contributed by atoms with Gasteiger partial charge in [-0.1, -0.05) is 23.9 Å². The number of nitrogens with zero attached hydrogens (tertiary/aromatic N) is 5. The van der Waals surface area contributed by atoms with E-state index in [1.807, 2.05) is 12.1 Å². The molecule has 5 rings (SSSR count). The monoisotopic (exact) mass is 405 g/mol. The lowest BCUT2D eigenvalue weighted by molar-refractivity contribution is 0.0655. The average Bonchev–Trinajstić information content (AvgIpc) is 3.47. The standard InChI is InChI=1S/C21H19N5O2S/c27-19-16-6-1-2-7-17(16)20(28)25(19)11-4-12-29-21-24-23-18(26(21)15-8-9-15)14-5-3-10-22-13-14/h1-3,5-7,10,13,15H,4,8-9,11-12H2. The van der Waals surface area contributed by atoms with Crippen molar-refractivity contribution in [1.82, 2.24) is 24.6 Å². The number of hydrogen-bond donors (Lipinski definition) is 0. The number of carbonyl (C=O) groups is 2. The topological polar surface area (TPSA) is 81.0 Å². The van der Waals surface area contributed by atoms with Crippen molar-refractivity contribution in [2.24, 2.45) is 0 Å². The van der Waals surface area contributed by atoms with Crippen molar-refractivity contribution in [2.75, 3.05) is 12.3 Å². The van der Waals surface area contributed by atoms with Gasteiger partial charge in [-0.15, -0.1) is 10.2 Å². The van der Waals surface area contributed by atoms with E-state index in [0.717, 1.165) is 35.1 Å². The number of carbonyl (C=O) groups excluding carboxylic acids is 2. The number of pyridine rings is 1. The molecule has 3 heterocycles. The first-order valence-electron chi connectivity index (χ1n) is 9.67. The minimum atomic E-state index is -0.199. The third kappa shape index (κ3) is 3.33. The quantitative estimate of drug-likeness (QED) is 0.340. The van der Waals surface area contributed by atoms with E-state index in [2.05, 4.69) is 19.7 Å². The Morgan fingerprint density at radius 1 is 1.00 bits per heavy atom. The Morgan fingerprint density at radius 2 is 1.76 bits per heavy atom. The summed E-state index contributed by atoms with van der Waals surface area (Å²) in [5, 5.41) is 9.66. The number of imide groups is 1. The maximum Gasteiger partial charge on any atom is 0.261 e. The molecule has 0 radical (unpaired) electrons. The van der Waals surface area contributed by atoms with Crippen LogP contribution in [0.3, 0.4) is 0 Å². The Labute approximate surface area is 172 Å². The van der Waals surface area contributed by atoms with Gasteiger partial charge in [0, 0.05) is 36.3 Å². The van der Waals surface area contributed by atoms with E-state index in [-0.39, 0.29) is 11.8 Å². The zero-order valence-corrected chi connectivity index (χ0v) is 16.5. The number of benzene rings is 1. The molecule has 1 fully saturated rings. The Kier molecular flexibility index (Phi) is 4.63. The summed E-state index contributed by atoms with van der Waals surface area (Å²) in [5.41, 5.74) is 1.96. The molecule has 8 heteroatoms. The molecular weight excluding hydrogens is 386 g/mol. The fourth-order valence-corrected chi connectivity index (χ4v) is 4.49. The lowest BCUT2D eigenvalue weighted by atomic mass is 10.1. The number of hydrogen-bond acceptors (Lipinski definition) is 6. The van der Waals surface area contributed by atoms with Crippen molar-refractivity contribution < 1.29 is 9.59 Å². The summed E-state index contributed by atoms with van der Waals surface area (Å²) in [4.78, 5) is 30.4. The van der Waals surface area contributed by atoms with E-state index >= 15 is 0 Å². The molecule has 0 spiro atoms. The minimum absolute atomic E-state index is 0.199. The maximum atomic E-state index is 12.4. The second-order valence-electron chi connectivity index (χ2n) is 7.16. The van der Waals surface area contributed by atoms with Crippen LogP contribution in [0.15, 0.2) is 53.9 Å². The van der Waals surface area contributed by atoms with Crippen LogP contribution in [0.2, 0.25) is 0 Å². The molecule has 7 nitrogen and oxygen atoms in total. The van der Waals surface area contributed by atoms with E-state index in [1.165, 1.54) is 4.90 Å². The van der Waals surface area contributed by atoms with Gasteiger partial charge in [0.1, 0.15) is 0 Å². The van der Waals surface area contributed by atoms with Crippen LogP contribution in [-0.4, -0.2) is 48.8 Å². The van der Waals surface area contributed by atoms with Crippen molar-refractivity contribution in [3.05, 3.63) is 59.9 Å². The normalized spacial score (nSPS) is 15.8. The van der Waals surface area contributed by atoms with Crippen LogP contribution in [-0.2, 0) is 0 Å². The first kappa shape index (κ1) is 18.1. The highest BCUT2D eigenvalue weighted by Gasteiger charge is 2.34. The molecule has 0 unspecified atom stereocenters. The van der Waals surface area contributed by atoms with E-state index < -0.39 is 0 Å². The summed E-state index contributed by atoms with van der Waals surface area (Å²) in [5.74, 6) is 1.21. The Hall–Kier alpha value is -3.00. The highest BCUT2D eigenvalue weighted by molar-refractivity contribution is 7.99. The smallest absolute Gasteiger partial charge is 0.261 e. The second-order valence-corrected chi connectivity index (χ2v) is 8.22. The Balaban J connectivity index is 1.24. The van der Waals surface area contributed by atoms with Crippen molar-refractivity contribution in [3.63, 3.8) is 0 Å². The molecule has 1 aliphatic heterocycles. The zero-order chi connectivity index (χ0) is 19.8. The van der Waals surface area contributed by atoms with Gasteiger partial charge in [-0.05, 0) is 43.5 Å². The molecule has 2 aromatic heterocycles. The SMILES string of the molecule is O=C1c2ccccc2C(=O)N1CCCSc1nnc(-c2cccnc2)n1C1CC1. The highest BCUT2D eigenvalue weighted by atomic mass is 32.2. The molecule has 29 heavy (non-hydrogen) atoms. The lowest BCUT2D eigenvalue weighted by Gasteiger charge is -2.13. The number of aromatic nitrogens is 4. The third-order valence-corrected chi connectivity index (χ3v) is 6.16. The molecule has 146 valence electrons. The maximum absolute atomic E-state index is 12.4. The highest BCUT2D eigenvalue weighted by Crippen LogP contribution is 2.41. The number of fused-ring (bicyclic) bond motifs is 1. The van der Waals surface area contributed by atoms with Crippen LogP contribution >= 0.6 is 11.8 Å². The molecule has 3 aromatic rings. The van der Waals surface area contributed by atoms with Gasteiger partial charge < -0.3 is 0 Å². The molecule has 1 aliphatic carbocycles. The van der Waals surface area contributed by atoms with Crippen LogP contribution in [0.25, 0.3) is 11.4 Å². The Bertz CT molecular complexity index is 1040. The summed E-state index contributed by atoms with van der Waals surface area (Å²) in [6.45, 7) is 0.409. The van der Waals surface area contributed by atoms with Gasteiger partial charge in [0.2, 0.25) is 0 Å². The predicted octanol–water partition coefficient (Wildman–Crippen LogP) is 3.45. The molecule has 1 aromatic carbocycles. The average molecular weight is 405 g/mol. The van der Waals surface area contributed by atoms with Crippen LogP contribution < -0.4 is 0 Å². The van der Waals surface area contributed by atoms with Crippen LogP contribution in [0, 0.1) is 0 Å². The Morgan fingerprint density at radius 3 is 2.41 bits per heavy atom. The lowest BCUT2D eigenvalue weighted by Crippen LogP contribution is -2.31. The summed E-state index contributed by atoms with van der Waals surface area (Å²) < 4.78 is 2.20. The number of rotatable bonds is 7. The summed E-state index contributed by atoms with van der Waals surface area (Å²) in [6.07, 6.45) is 6.52. The summed E-state index contributed by atoms with van der Waals surface area (Å²) >= 11 is 1.62. The van der Waals surface area contributed by atoms with Crippen LogP contribution in [0.1, 0.15) is 46.0 Å². The van der Waals surface area contributed by atoms with E-state index in [9.17, 15) is 9.59 Å². The fourth-order valence-electron chi connectivity index (χ4n) is 3.56. The van der Waals surface area contributed by atoms with Gasteiger partial charge in [-0.3, -0.25) is 24.0 Å². The molecular formula is C21H19N5O2S. The minimum Gasteiger partial charge on any atom is -0.299 e. The van der Waals surface area contributed by atoms with Gasteiger partial charge >= 0.3 is 0 Å². The van der Waals surface area contributed by atoms with E-state index in [1.54, 1.807) is 48.4 Å². The summed E-state index contributed by atoms with van der Waals surface area (Å²) in [6, 6.07) is 11.3. The van der Waals surface area contributed by atoms with Crippen molar-refractivity contribution >= 4 is 23.6 Å². The number of amides is 2. The molecule has 2 aliphatic rings. The van der Waals surface area contributed by atoms with Gasteiger partial charge in [0.15, 0.2) is 11.0 Å². The van der Waals surface area contributed by atoms with Crippen molar-refractivity contribution in [2.45, 2.75) is 30.5 Å². The zero-order valence-electron chi connectivity index (χ0n) is 15.7. The first-order valence-corrected chi connectivity index (χ1v) is 10.7.